The monoisotopic (exact) mass is 848 g/mol. The molecule has 0 saturated carbocycles. The van der Waals surface area contributed by atoms with Gasteiger partial charge in [-0.3, -0.25) is 0 Å². The Balaban J connectivity index is 1.12. The molecule has 10 aromatic rings. The maximum atomic E-state index is 2.77. The van der Waals surface area contributed by atoms with Crippen LogP contribution in [-0.4, -0.2) is 6.85 Å². The van der Waals surface area contributed by atoms with E-state index in [1.165, 1.54) is 139 Å². The summed E-state index contributed by atoms with van der Waals surface area (Å²) in [6, 6.07) is 68.4. The molecule has 65 heavy (non-hydrogen) atoms. The van der Waals surface area contributed by atoms with Gasteiger partial charge in [-0.15, -0.1) is 11.3 Å². The van der Waals surface area contributed by atoms with Gasteiger partial charge in [-0.05, 0) is 138 Å². The van der Waals surface area contributed by atoms with Crippen molar-refractivity contribution in [2.75, 3.05) is 9.71 Å². The molecule has 9 aromatic carbocycles. The molecule has 1 aromatic heterocycles. The molecular weight excluding hydrogens is 804 g/mol. The summed E-state index contributed by atoms with van der Waals surface area (Å²) < 4.78 is 2.66. The lowest BCUT2D eigenvalue weighted by molar-refractivity contribution is 0.332. The van der Waals surface area contributed by atoms with E-state index in [2.05, 4.69) is 213 Å². The summed E-state index contributed by atoms with van der Waals surface area (Å²) in [5.74, 6) is 0. The van der Waals surface area contributed by atoms with E-state index in [4.69, 9.17) is 0 Å². The molecular formula is C61H45BN2S. The average molecular weight is 849 g/mol. The van der Waals surface area contributed by atoms with Crippen molar-refractivity contribution in [1.29, 1.82) is 0 Å². The average Bonchev–Trinajstić information content (AvgIpc) is 3.85. The molecule has 308 valence electrons. The van der Waals surface area contributed by atoms with E-state index in [1.807, 2.05) is 11.3 Å². The van der Waals surface area contributed by atoms with Crippen LogP contribution in [0.15, 0.2) is 176 Å². The second kappa shape index (κ2) is 12.3. The summed E-state index contributed by atoms with van der Waals surface area (Å²) in [7, 11) is 0. The molecule has 0 unspecified atom stereocenters. The van der Waals surface area contributed by atoms with Crippen molar-refractivity contribution < 1.29 is 0 Å². The largest absolute Gasteiger partial charge is 0.376 e. The predicted molar refractivity (Wildman–Crippen MR) is 277 cm³/mol. The van der Waals surface area contributed by atoms with E-state index >= 15 is 0 Å². The zero-order valence-corrected chi connectivity index (χ0v) is 37.9. The summed E-state index contributed by atoms with van der Waals surface area (Å²) in [6.45, 7) is 9.73. The van der Waals surface area contributed by atoms with Crippen LogP contribution in [0.25, 0.3) is 53.2 Å². The molecule has 3 aliphatic heterocycles. The first-order chi connectivity index (χ1) is 31.7. The zero-order chi connectivity index (χ0) is 43.1. The Morgan fingerprint density at radius 1 is 0.462 bits per heavy atom. The van der Waals surface area contributed by atoms with Gasteiger partial charge in [-0.2, -0.15) is 0 Å². The van der Waals surface area contributed by atoms with Crippen molar-refractivity contribution in [2.24, 2.45) is 0 Å². The minimum atomic E-state index is -0.495. The van der Waals surface area contributed by atoms with Gasteiger partial charge in [-0.1, -0.05) is 161 Å². The molecule has 0 atom stereocenters. The third-order valence-corrected chi connectivity index (χ3v) is 17.6. The second-order valence-electron chi connectivity index (χ2n) is 20.6. The Morgan fingerprint density at radius 3 is 1.92 bits per heavy atom. The molecule has 0 saturated heterocycles. The van der Waals surface area contributed by atoms with Crippen LogP contribution in [0.3, 0.4) is 0 Å². The third kappa shape index (κ3) is 4.42. The number of benzene rings is 9. The highest BCUT2D eigenvalue weighted by Gasteiger charge is 2.56. The fourth-order valence-electron chi connectivity index (χ4n) is 13.5. The van der Waals surface area contributed by atoms with Crippen molar-refractivity contribution in [2.45, 2.75) is 56.8 Å². The van der Waals surface area contributed by atoms with Crippen molar-refractivity contribution >= 4 is 88.5 Å². The third-order valence-electron chi connectivity index (χ3n) is 16.5. The first-order valence-corrected chi connectivity index (χ1v) is 24.2. The smallest absolute Gasteiger partial charge is 0.333 e. The topological polar surface area (TPSA) is 6.48 Å². The lowest BCUT2D eigenvalue weighted by atomic mass is 9.42. The standard InChI is InChI=1S/C61H45BN2S/c1-59(2)30-31-60(3,4)49-33-37(28-29-46(49)59)64-52-35-55-42(41-20-9-14-27-54(41)65-55)34-43(52)56-38-17-6-5-16-36(38)32-53-57(56)62(64)50-25-15-24-48-58(50)63(53)51-26-13-12-23-47(51)61(48)44-21-10-7-18-39(44)40-19-8-11-22-45(40)61/h5-29,32-35H,30-31H2,1-4H3. The van der Waals surface area contributed by atoms with Gasteiger partial charge in [0.1, 0.15) is 0 Å². The minimum Gasteiger partial charge on any atom is -0.376 e. The lowest BCUT2D eigenvalue weighted by Crippen LogP contribution is -2.62. The van der Waals surface area contributed by atoms with E-state index in [1.54, 1.807) is 0 Å². The first-order valence-electron chi connectivity index (χ1n) is 23.4. The maximum Gasteiger partial charge on any atom is 0.333 e. The predicted octanol–water partition coefficient (Wildman–Crippen LogP) is 14.9. The summed E-state index contributed by atoms with van der Waals surface area (Å²) in [6.07, 6.45) is 2.36. The summed E-state index contributed by atoms with van der Waals surface area (Å²) in [4.78, 5) is 5.45. The van der Waals surface area contributed by atoms with E-state index in [0.717, 1.165) is 0 Å². The van der Waals surface area contributed by atoms with Crippen LogP contribution in [0.1, 0.15) is 73.9 Å². The van der Waals surface area contributed by atoms with Crippen LogP contribution >= 0.6 is 11.3 Å². The van der Waals surface area contributed by atoms with Gasteiger partial charge in [0.15, 0.2) is 0 Å². The molecule has 0 fully saturated rings. The Labute approximate surface area is 384 Å². The molecule has 5 aliphatic rings. The summed E-state index contributed by atoms with van der Waals surface area (Å²) >= 11 is 1.92. The number of nitrogens with zero attached hydrogens (tertiary/aromatic N) is 2. The molecule has 1 spiro atoms. The van der Waals surface area contributed by atoms with Gasteiger partial charge < -0.3 is 9.71 Å². The lowest BCUT2D eigenvalue weighted by Gasteiger charge is -2.52. The van der Waals surface area contributed by atoms with E-state index in [9.17, 15) is 0 Å². The van der Waals surface area contributed by atoms with Gasteiger partial charge in [-0.25, -0.2) is 0 Å². The molecule has 2 nitrogen and oxygen atoms in total. The van der Waals surface area contributed by atoms with E-state index < -0.39 is 5.41 Å². The molecule has 4 heterocycles. The van der Waals surface area contributed by atoms with E-state index in [0.29, 0.717) is 0 Å². The summed E-state index contributed by atoms with van der Waals surface area (Å²) in [5.41, 5.74) is 22.5. The Bertz CT molecular complexity index is 3730. The molecule has 4 heteroatoms. The zero-order valence-electron chi connectivity index (χ0n) is 37.0. The highest BCUT2D eigenvalue weighted by atomic mass is 32.1. The van der Waals surface area contributed by atoms with Crippen molar-refractivity contribution in [1.82, 2.24) is 0 Å². The van der Waals surface area contributed by atoms with Crippen molar-refractivity contribution in [3.63, 3.8) is 0 Å². The fourth-order valence-corrected chi connectivity index (χ4v) is 14.6. The van der Waals surface area contributed by atoms with Crippen LogP contribution in [0.2, 0.25) is 0 Å². The Hall–Kier alpha value is -6.88. The molecule has 0 radical (unpaired) electrons. The van der Waals surface area contributed by atoms with Crippen LogP contribution in [0.5, 0.6) is 0 Å². The molecule has 0 N–H and O–H groups in total. The number of thiophene rings is 1. The number of rotatable bonds is 1. The Kier molecular flexibility index (Phi) is 6.88. The van der Waals surface area contributed by atoms with Gasteiger partial charge in [0.2, 0.25) is 0 Å². The highest BCUT2D eigenvalue weighted by Crippen LogP contribution is 2.64. The quantitative estimate of drug-likeness (QED) is 0.152. The van der Waals surface area contributed by atoms with Gasteiger partial charge in [0.25, 0.3) is 0 Å². The minimum absolute atomic E-state index is 0.0583. The number of hydrogen-bond donors (Lipinski definition) is 0. The molecule has 0 amide bonds. The van der Waals surface area contributed by atoms with Crippen molar-refractivity contribution in [3.05, 3.63) is 209 Å². The number of anilines is 5. The van der Waals surface area contributed by atoms with Crippen LogP contribution in [-0.2, 0) is 16.2 Å². The normalized spacial score (nSPS) is 17.1. The fraction of sp³-hybridized carbons (Fsp3) is 0.148. The summed E-state index contributed by atoms with van der Waals surface area (Å²) in [5, 5.41) is 5.24. The maximum absolute atomic E-state index is 2.77. The van der Waals surface area contributed by atoms with Gasteiger partial charge in [0, 0.05) is 48.5 Å². The van der Waals surface area contributed by atoms with Crippen LogP contribution in [0, 0.1) is 0 Å². The number of hydrogen-bond acceptors (Lipinski definition) is 3. The second-order valence-corrected chi connectivity index (χ2v) is 21.7. The van der Waals surface area contributed by atoms with Gasteiger partial charge >= 0.3 is 6.85 Å². The van der Waals surface area contributed by atoms with Crippen LogP contribution in [0.4, 0.5) is 28.4 Å². The first kappa shape index (κ1) is 36.5. The van der Waals surface area contributed by atoms with Gasteiger partial charge in [0.05, 0.1) is 11.1 Å². The van der Waals surface area contributed by atoms with Crippen molar-refractivity contribution in [3.8, 4) is 22.3 Å². The Morgan fingerprint density at radius 2 is 1.12 bits per heavy atom. The highest BCUT2D eigenvalue weighted by molar-refractivity contribution is 7.25. The number of para-hydroxylation sites is 2. The number of fused-ring (bicyclic) bond motifs is 19. The molecule has 15 rings (SSSR count). The molecule has 2 aliphatic carbocycles. The van der Waals surface area contributed by atoms with Crippen LogP contribution < -0.4 is 20.6 Å². The molecule has 0 bridgehead atoms. The SMILES string of the molecule is CC1(C)CCC(C)(C)c2cc(N3B4c5cccc6c5N(c5ccccc5C65c6ccccc6-c6ccccc65)c5cc6ccccc6c(c54)-c4cc5c(cc43)sc3ccccc35)ccc21. The van der Waals surface area contributed by atoms with E-state index in [-0.39, 0.29) is 17.7 Å².